The van der Waals surface area contributed by atoms with E-state index in [0.717, 1.165) is 0 Å². The Morgan fingerprint density at radius 1 is 0.375 bits per heavy atom. The highest BCUT2D eigenvalue weighted by molar-refractivity contribution is 4.95. The van der Waals surface area contributed by atoms with Crippen LogP contribution in [0.5, 0.6) is 0 Å². The molecule has 0 unspecified atom stereocenters. The lowest BCUT2D eigenvalue weighted by Crippen LogP contribution is -1.84. The molecule has 0 spiro atoms. The fraction of sp³-hybridized carbons (Fsp3) is 0.875. The Bertz CT molecular complexity index is 353. The number of hydrogen-bond donors (Lipinski definition) is 0. The van der Waals surface area contributed by atoms with Crippen LogP contribution in [0.2, 0.25) is 0 Å². The molecule has 0 nitrogen and oxygen atoms in total. The minimum atomic E-state index is 1.19. The van der Waals surface area contributed by atoms with Gasteiger partial charge in [0.1, 0.15) is 0 Å². The first-order valence-electron chi connectivity index (χ1n) is 15.1. The van der Waals surface area contributed by atoms with E-state index in [1.54, 1.807) is 6.08 Å². The van der Waals surface area contributed by atoms with Crippen molar-refractivity contribution in [1.29, 1.82) is 0 Å². The zero-order chi connectivity index (χ0) is 23.2. The second kappa shape index (κ2) is 30.5. The molecule has 0 atom stereocenters. The van der Waals surface area contributed by atoms with Crippen LogP contribution >= 0.6 is 0 Å². The molecule has 0 heteroatoms. The maximum absolute atomic E-state index is 5.32. The fourth-order valence-electron chi connectivity index (χ4n) is 4.75. The van der Waals surface area contributed by atoms with Gasteiger partial charge in [-0.15, -0.1) is 0 Å². The van der Waals surface area contributed by atoms with E-state index >= 15 is 0 Å². The van der Waals surface area contributed by atoms with Crippen LogP contribution in [0.3, 0.4) is 0 Å². The van der Waals surface area contributed by atoms with E-state index in [1.165, 1.54) is 173 Å². The average molecular weight is 446 g/mol. The number of unbranched alkanes of at least 4 members (excludes halogenated alkanes) is 26. The molecule has 0 amide bonds. The third-order valence-electron chi connectivity index (χ3n) is 6.97. The molecule has 0 bridgehead atoms. The van der Waals surface area contributed by atoms with Crippen LogP contribution in [0.15, 0.2) is 18.2 Å². The Balaban J connectivity index is 3.01. The smallest absolute Gasteiger partial charge is 0.0348 e. The molecule has 0 aromatic rings. The maximum atomic E-state index is 5.32. The third kappa shape index (κ3) is 29.5. The van der Waals surface area contributed by atoms with Crippen molar-refractivity contribution in [2.75, 3.05) is 0 Å². The first-order valence-corrected chi connectivity index (χ1v) is 15.1. The second-order valence-electron chi connectivity index (χ2n) is 10.2. The van der Waals surface area contributed by atoms with Crippen LogP contribution in [0, 0.1) is 6.58 Å². The summed E-state index contributed by atoms with van der Waals surface area (Å²) in [4.78, 5) is 0. The van der Waals surface area contributed by atoms with E-state index in [4.69, 9.17) is 6.58 Å². The van der Waals surface area contributed by atoms with Crippen molar-refractivity contribution in [3.63, 3.8) is 0 Å². The monoisotopic (exact) mass is 445 g/mol. The van der Waals surface area contributed by atoms with Gasteiger partial charge in [0.15, 0.2) is 0 Å². The SMILES string of the molecule is [CH]=C/C=C/CCCCCCCCCCCCCCCCCCCCCCCCCCCC. The minimum Gasteiger partial charge on any atom is -0.0845 e. The lowest BCUT2D eigenvalue weighted by atomic mass is 10.0. The van der Waals surface area contributed by atoms with Crippen molar-refractivity contribution < 1.29 is 0 Å². The van der Waals surface area contributed by atoms with E-state index < -0.39 is 0 Å². The van der Waals surface area contributed by atoms with Gasteiger partial charge in [-0.1, -0.05) is 192 Å². The summed E-state index contributed by atoms with van der Waals surface area (Å²) in [5.41, 5.74) is 0. The Labute approximate surface area is 205 Å². The number of rotatable bonds is 28. The Morgan fingerprint density at radius 3 is 0.875 bits per heavy atom. The standard InChI is InChI=1S/C32H61/c1-3-5-7-9-11-13-15-17-19-21-23-25-27-29-31-32-30-28-26-24-22-20-18-16-14-12-10-8-6-4-2/h1,3,5,7H,4,6,8-32H2,2H3/b3-1?,7-5+. The summed E-state index contributed by atoms with van der Waals surface area (Å²) in [5, 5.41) is 0. The van der Waals surface area contributed by atoms with Gasteiger partial charge in [0.2, 0.25) is 0 Å². The molecule has 0 aliphatic carbocycles. The van der Waals surface area contributed by atoms with Gasteiger partial charge in [-0.3, -0.25) is 0 Å². The van der Waals surface area contributed by atoms with E-state index in [0.29, 0.717) is 0 Å². The quantitative estimate of drug-likeness (QED) is 0.0829. The normalized spacial score (nSPS) is 11.5. The van der Waals surface area contributed by atoms with Crippen LogP contribution in [-0.4, -0.2) is 0 Å². The van der Waals surface area contributed by atoms with E-state index in [9.17, 15) is 0 Å². The zero-order valence-corrected chi connectivity index (χ0v) is 22.4. The van der Waals surface area contributed by atoms with Crippen LogP contribution in [0.4, 0.5) is 0 Å². The number of allylic oxidation sites excluding steroid dienone is 3. The van der Waals surface area contributed by atoms with Gasteiger partial charge in [0.05, 0.1) is 0 Å². The highest BCUT2D eigenvalue weighted by Gasteiger charge is 1.96. The molecule has 0 N–H and O–H groups in total. The highest BCUT2D eigenvalue weighted by atomic mass is 14.0. The van der Waals surface area contributed by atoms with Gasteiger partial charge in [-0.05, 0) is 12.8 Å². The molecule has 0 rings (SSSR count). The summed E-state index contributed by atoms with van der Waals surface area (Å²) in [6, 6.07) is 0. The molecule has 1 radical (unpaired) electrons. The van der Waals surface area contributed by atoms with Crippen molar-refractivity contribution in [2.24, 2.45) is 0 Å². The summed E-state index contributed by atoms with van der Waals surface area (Å²) in [6.07, 6.45) is 44.9. The molecule has 0 aromatic heterocycles. The molecule has 0 aliphatic heterocycles. The lowest BCUT2D eigenvalue weighted by Gasteiger charge is -2.04. The van der Waals surface area contributed by atoms with Crippen LogP contribution in [0.1, 0.15) is 180 Å². The summed E-state index contributed by atoms with van der Waals surface area (Å²) >= 11 is 0. The molecule has 32 heavy (non-hydrogen) atoms. The topological polar surface area (TPSA) is 0 Å². The summed E-state index contributed by atoms with van der Waals surface area (Å²) in [7, 11) is 0. The summed E-state index contributed by atoms with van der Waals surface area (Å²) in [5.74, 6) is 0. The van der Waals surface area contributed by atoms with Crippen LogP contribution < -0.4 is 0 Å². The molecule has 189 valence electrons. The fourth-order valence-corrected chi connectivity index (χ4v) is 4.75. The van der Waals surface area contributed by atoms with Crippen molar-refractivity contribution in [2.45, 2.75) is 180 Å². The van der Waals surface area contributed by atoms with E-state index in [-0.39, 0.29) is 0 Å². The van der Waals surface area contributed by atoms with Crippen LogP contribution in [0.25, 0.3) is 0 Å². The predicted molar refractivity (Wildman–Crippen MR) is 148 cm³/mol. The van der Waals surface area contributed by atoms with Crippen molar-refractivity contribution in [1.82, 2.24) is 0 Å². The van der Waals surface area contributed by atoms with Gasteiger partial charge in [-0.25, -0.2) is 0 Å². The second-order valence-corrected chi connectivity index (χ2v) is 10.2. The van der Waals surface area contributed by atoms with E-state index in [1.807, 2.05) is 6.08 Å². The zero-order valence-electron chi connectivity index (χ0n) is 22.4. The molecule has 0 saturated carbocycles. The molecule has 0 fully saturated rings. The third-order valence-corrected chi connectivity index (χ3v) is 6.97. The molecule has 0 aliphatic rings. The van der Waals surface area contributed by atoms with Gasteiger partial charge in [-0.2, -0.15) is 0 Å². The molecular weight excluding hydrogens is 384 g/mol. The van der Waals surface area contributed by atoms with Crippen molar-refractivity contribution in [3.05, 3.63) is 24.8 Å². The van der Waals surface area contributed by atoms with Gasteiger partial charge >= 0.3 is 0 Å². The first-order chi connectivity index (χ1) is 15.9. The lowest BCUT2D eigenvalue weighted by molar-refractivity contribution is 0.515. The molecular formula is C32H61. The van der Waals surface area contributed by atoms with Gasteiger partial charge in [0, 0.05) is 0 Å². The largest absolute Gasteiger partial charge is 0.0845 e. The maximum Gasteiger partial charge on any atom is -0.0348 e. The first kappa shape index (κ1) is 31.5. The predicted octanol–water partition coefficient (Wildman–Crippen LogP) is 12.1. The molecule has 0 aromatic carbocycles. The Kier molecular flexibility index (Phi) is 30.0. The van der Waals surface area contributed by atoms with Crippen molar-refractivity contribution >= 4 is 0 Å². The molecule has 0 heterocycles. The highest BCUT2D eigenvalue weighted by Crippen LogP contribution is 2.16. The molecule has 0 saturated heterocycles. The average Bonchev–Trinajstić information content (AvgIpc) is 2.81. The van der Waals surface area contributed by atoms with Crippen molar-refractivity contribution in [3.8, 4) is 0 Å². The minimum absolute atomic E-state index is 1.19. The summed E-state index contributed by atoms with van der Waals surface area (Å²) in [6.45, 7) is 7.63. The van der Waals surface area contributed by atoms with E-state index in [2.05, 4.69) is 13.0 Å². The van der Waals surface area contributed by atoms with Crippen LogP contribution in [-0.2, 0) is 0 Å². The summed E-state index contributed by atoms with van der Waals surface area (Å²) < 4.78 is 0. The van der Waals surface area contributed by atoms with Gasteiger partial charge < -0.3 is 0 Å². The number of hydrogen-bond acceptors (Lipinski definition) is 0. The Morgan fingerprint density at radius 2 is 0.625 bits per heavy atom. The van der Waals surface area contributed by atoms with Gasteiger partial charge in [0.25, 0.3) is 0 Å². The Hall–Kier alpha value is -0.520.